The second-order valence-electron chi connectivity index (χ2n) is 5.16. The van der Waals surface area contributed by atoms with Gasteiger partial charge in [-0.1, -0.05) is 54.2 Å². The average molecular weight is 369 g/mol. The topological polar surface area (TPSA) is 9.23 Å². The molecule has 0 saturated heterocycles. The molecule has 22 heavy (non-hydrogen) atoms. The van der Waals surface area contributed by atoms with Crippen molar-refractivity contribution in [2.75, 3.05) is 6.61 Å². The third kappa shape index (κ3) is 4.29. The minimum Gasteiger partial charge on any atom is -0.490 e. The highest BCUT2D eigenvalue weighted by Crippen LogP contribution is 2.30. The van der Waals surface area contributed by atoms with Crippen LogP contribution in [0.15, 0.2) is 40.9 Å². The first kappa shape index (κ1) is 16.9. The van der Waals surface area contributed by atoms with Crippen molar-refractivity contribution < 1.29 is 13.5 Å². The molecule has 0 aliphatic heterocycles. The van der Waals surface area contributed by atoms with E-state index in [0.29, 0.717) is 12.2 Å². The summed E-state index contributed by atoms with van der Waals surface area (Å²) in [5.41, 5.74) is 0.873. The third-order valence-electron chi connectivity index (χ3n) is 3.46. The quantitative estimate of drug-likeness (QED) is 0.517. The van der Waals surface area contributed by atoms with E-state index < -0.39 is 11.6 Å². The van der Waals surface area contributed by atoms with Gasteiger partial charge < -0.3 is 4.74 Å². The van der Waals surface area contributed by atoms with Crippen LogP contribution in [0.5, 0.6) is 5.75 Å². The first-order chi connectivity index (χ1) is 10.6. The van der Waals surface area contributed by atoms with E-state index in [1.165, 1.54) is 6.07 Å². The number of hydrogen-bond donors (Lipinski definition) is 0. The monoisotopic (exact) mass is 368 g/mol. The van der Waals surface area contributed by atoms with E-state index in [4.69, 9.17) is 4.74 Å². The Bertz CT molecular complexity index is 611. The van der Waals surface area contributed by atoms with Crippen LogP contribution < -0.4 is 4.74 Å². The van der Waals surface area contributed by atoms with Crippen molar-refractivity contribution in [3.63, 3.8) is 0 Å². The second-order valence-corrected chi connectivity index (χ2v) is 6.07. The molecule has 0 bridgehead atoms. The van der Waals surface area contributed by atoms with Crippen LogP contribution in [0.1, 0.15) is 32.6 Å². The minimum atomic E-state index is -0.920. The maximum atomic E-state index is 14.2. The number of benzene rings is 2. The fourth-order valence-electron chi connectivity index (χ4n) is 2.21. The number of rotatable bonds is 7. The van der Waals surface area contributed by atoms with Crippen molar-refractivity contribution in [3.05, 3.63) is 52.5 Å². The summed E-state index contributed by atoms with van der Waals surface area (Å²) in [4.78, 5) is 0. The van der Waals surface area contributed by atoms with Crippen LogP contribution in [0, 0.1) is 11.6 Å². The van der Waals surface area contributed by atoms with Gasteiger partial charge in [-0.2, -0.15) is 4.39 Å². The molecule has 0 unspecified atom stereocenters. The van der Waals surface area contributed by atoms with Gasteiger partial charge in [-0.3, -0.25) is 0 Å². The summed E-state index contributed by atoms with van der Waals surface area (Å²) in [6.07, 6.45) is 4.15. The largest absolute Gasteiger partial charge is 0.490 e. The Balaban J connectivity index is 2.10. The van der Waals surface area contributed by atoms with Gasteiger partial charge in [0.25, 0.3) is 0 Å². The number of ether oxygens (including phenoxy) is 1. The number of hydrogen-bond acceptors (Lipinski definition) is 1. The van der Waals surface area contributed by atoms with Crippen LogP contribution >= 0.6 is 15.9 Å². The highest BCUT2D eigenvalue weighted by Gasteiger charge is 2.15. The lowest BCUT2D eigenvalue weighted by Crippen LogP contribution is -2.01. The SMILES string of the molecule is CCCCCCOc1ccc(-c2ccc(Br)cc2)c(F)c1F. The lowest BCUT2D eigenvalue weighted by molar-refractivity contribution is 0.285. The molecule has 0 aliphatic rings. The molecule has 0 aliphatic carbocycles. The normalized spacial score (nSPS) is 10.7. The molecular weight excluding hydrogens is 350 g/mol. The fourth-order valence-corrected chi connectivity index (χ4v) is 2.47. The van der Waals surface area contributed by atoms with Crippen molar-refractivity contribution in [3.8, 4) is 16.9 Å². The maximum Gasteiger partial charge on any atom is 0.201 e. The Morgan fingerprint density at radius 3 is 2.32 bits per heavy atom. The van der Waals surface area contributed by atoms with Crippen LogP contribution in [0.3, 0.4) is 0 Å². The summed E-state index contributed by atoms with van der Waals surface area (Å²) >= 11 is 3.32. The van der Waals surface area contributed by atoms with Gasteiger partial charge in [-0.15, -0.1) is 0 Å². The molecule has 2 aromatic carbocycles. The third-order valence-corrected chi connectivity index (χ3v) is 3.99. The highest BCUT2D eigenvalue weighted by atomic mass is 79.9. The Hall–Kier alpha value is -1.42. The van der Waals surface area contributed by atoms with Crippen molar-refractivity contribution in [1.29, 1.82) is 0 Å². The Labute approximate surface area is 138 Å². The number of halogens is 3. The molecule has 118 valence electrons. The summed E-state index contributed by atoms with van der Waals surface area (Å²) in [6, 6.07) is 10.1. The van der Waals surface area contributed by atoms with Gasteiger partial charge >= 0.3 is 0 Å². The van der Waals surface area contributed by atoms with Crippen LogP contribution in [0.25, 0.3) is 11.1 Å². The van der Waals surface area contributed by atoms with Crippen LogP contribution in [-0.2, 0) is 0 Å². The molecule has 0 fully saturated rings. The fraction of sp³-hybridized carbons (Fsp3) is 0.333. The van der Waals surface area contributed by atoms with Crippen LogP contribution in [0.4, 0.5) is 8.78 Å². The standard InChI is InChI=1S/C18H19BrF2O/c1-2-3-4-5-12-22-16-11-10-15(17(20)18(16)21)13-6-8-14(19)9-7-13/h6-11H,2-5,12H2,1H3. The van der Waals surface area contributed by atoms with Gasteiger partial charge in [-0.25, -0.2) is 4.39 Å². The summed E-state index contributed by atoms with van der Waals surface area (Å²) in [7, 11) is 0. The van der Waals surface area contributed by atoms with E-state index in [1.807, 2.05) is 0 Å². The van der Waals surface area contributed by atoms with Crippen LogP contribution in [0.2, 0.25) is 0 Å². The highest BCUT2D eigenvalue weighted by molar-refractivity contribution is 9.10. The van der Waals surface area contributed by atoms with Crippen LogP contribution in [-0.4, -0.2) is 6.61 Å². The molecule has 0 saturated carbocycles. The molecule has 0 spiro atoms. The van der Waals surface area contributed by atoms with Gasteiger partial charge in [0.1, 0.15) is 0 Å². The zero-order valence-electron chi connectivity index (χ0n) is 12.5. The lowest BCUT2D eigenvalue weighted by Gasteiger charge is -2.10. The molecule has 1 nitrogen and oxygen atoms in total. The maximum absolute atomic E-state index is 14.2. The molecule has 2 rings (SSSR count). The zero-order valence-corrected chi connectivity index (χ0v) is 14.1. The van der Waals surface area contributed by atoms with Crippen molar-refractivity contribution in [1.82, 2.24) is 0 Å². The second kappa shape index (κ2) is 8.28. The molecule has 0 radical (unpaired) electrons. The predicted molar refractivity (Wildman–Crippen MR) is 89.1 cm³/mol. The lowest BCUT2D eigenvalue weighted by atomic mass is 10.0. The molecule has 0 heterocycles. The van der Waals surface area contributed by atoms with Gasteiger partial charge in [-0.05, 0) is 36.2 Å². The molecule has 0 aromatic heterocycles. The van der Waals surface area contributed by atoms with Crippen molar-refractivity contribution >= 4 is 15.9 Å². The Morgan fingerprint density at radius 1 is 0.909 bits per heavy atom. The van der Waals surface area contributed by atoms with Crippen molar-refractivity contribution in [2.24, 2.45) is 0 Å². The van der Waals surface area contributed by atoms with Gasteiger partial charge in [0.15, 0.2) is 11.6 Å². The van der Waals surface area contributed by atoms with E-state index in [1.54, 1.807) is 30.3 Å². The summed E-state index contributed by atoms with van der Waals surface area (Å²) in [5.74, 6) is -1.81. The van der Waals surface area contributed by atoms with Gasteiger partial charge in [0.2, 0.25) is 5.82 Å². The van der Waals surface area contributed by atoms with E-state index in [9.17, 15) is 8.78 Å². The minimum absolute atomic E-state index is 0.0186. The Kier molecular flexibility index (Phi) is 6.37. The first-order valence-corrected chi connectivity index (χ1v) is 8.29. The molecule has 0 N–H and O–H groups in total. The number of unbranched alkanes of at least 4 members (excludes halogenated alkanes) is 3. The van der Waals surface area contributed by atoms with E-state index in [-0.39, 0.29) is 11.3 Å². The van der Waals surface area contributed by atoms with Crippen molar-refractivity contribution in [2.45, 2.75) is 32.6 Å². The molecule has 0 atom stereocenters. The molecular formula is C18H19BrF2O. The van der Waals surface area contributed by atoms with E-state index >= 15 is 0 Å². The average Bonchev–Trinajstić information content (AvgIpc) is 2.52. The molecule has 4 heteroatoms. The smallest absolute Gasteiger partial charge is 0.201 e. The predicted octanol–water partition coefficient (Wildman–Crippen LogP) is 6.35. The van der Waals surface area contributed by atoms with E-state index in [0.717, 1.165) is 30.2 Å². The Morgan fingerprint density at radius 2 is 1.64 bits per heavy atom. The molecule has 0 amide bonds. The van der Waals surface area contributed by atoms with Gasteiger partial charge in [0, 0.05) is 10.0 Å². The summed E-state index contributed by atoms with van der Waals surface area (Å²) in [5, 5.41) is 0. The summed E-state index contributed by atoms with van der Waals surface area (Å²) in [6.45, 7) is 2.53. The molecule has 2 aromatic rings. The zero-order chi connectivity index (χ0) is 15.9. The van der Waals surface area contributed by atoms with E-state index in [2.05, 4.69) is 22.9 Å². The summed E-state index contributed by atoms with van der Waals surface area (Å²) < 4.78 is 34.5. The first-order valence-electron chi connectivity index (χ1n) is 7.50. The van der Waals surface area contributed by atoms with Gasteiger partial charge in [0.05, 0.1) is 6.61 Å².